The van der Waals surface area contributed by atoms with E-state index in [0.29, 0.717) is 22.5 Å². The number of halogens is 4. The van der Waals surface area contributed by atoms with Crippen LogP contribution in [0.25, 0.3) is 5.52 Å². The summed E-state index contributed by atoms with van der Waals surface area (Å²) in [5.74, 6) is -0.334. The number of alkyl halides is 3. The molecule has 0 aromatic carbocycles. The summed E-state index contributed by atoms with van der Waals surface area (Å²) in [5.41, 5.74) is -0.826. The van der Waals surface area contributed by atoms with E-state index in [-0.39, 0.29) is 46.7 Å². The number of carbonyl (C=O) groups is 2. The van der Waals surface area contributed by atoms with Crippen LogP contribution in [-0.2, 0) is 11.0 Å². The molecule has 3 aliphatic rings. The minimum Gasteiger partial charge on any atom is -0.334 e. The molecule has 3 heterocycles. The van der Waals surface area contributed by atoms with E-state index in [2.05, 4.69) is 18.9 Å². The Morgan fingerprint density at radius 2 is 1.91 bits per heavy atom. The van der Waals surface area contributed by atoms with Crippen molar-refractivity contribution in [2.45, 2.75) is 70.0 Å². The van der Waals surface area contributed by atoms with Crippen molar-refractivity contribution in [3.05, 3.63) is 34.1 Å². The van der Waals surface area contributed by atoms with Crippen molar-refractivity contribution in [3.8, 4) is 0 Å². The maximum absolute atomic E-state index is 13.8. The smallest absolute Gasteiger partial charge is 0.334 e. The first-order valence-electron chi connectivity index (χ1n) is 11.9. The van der Waals surface area contributed by atoms with E-state index in [0.717, 1.165) is 44.6 Å². The molecule has 5 rings (SSSR count). The van der Waals surface area contributed by atoms with Gasteiger partial charge in [0.25, 0.3) is 5.91 Å². The molecule has 0 bridgehead atoms. The molecule has 2 unspecified atom stereocenters. The fraction of sp³-hybridized carbons (Fsp3) is 0.625. The minimum atomic E-state index is -4.65. The van der Waals surface area contributed by atoms with Crippen molar-refractivity contribution in [1.29, 1.82) is 0 Å². The van der Waals surface area contributed by atoms with Crippen LogP contribution in [0.3, 0.4) is 0 Å². The zero-order chi connectivity index (χ0) is 24.4. The maximum Gasteiger partial charge on any atom is 0.433 e. The molecule has 0 N–H and O–H groups in total. The van der Waals surface area contributed by atoms with Crippen LogP contribution in [0.5, 0.6) is 0 Å². The molecule has 0 radical (unpaired) electrons. The Balaban J connectivity index is 1.43. The highest BCUT2D eigenvalue weighted by molar-refractivity contribution is 6.36. The van der Waals surface area contributed by atoms with Crippen LogP contribution in [-0.4, -0.2) is 56.4 Å². The van der Waals surface area contributed by atoms with Gasteiger partial charge in [-0.1, -0.05) is 31.4 Å². The molecule has 6 nitrogen and oxygen atoms in total. The van der Waals surface area contributed by atoms with Crippen LogP contribution in [0, 0.1) is 5.92 Å². The molecular weight excluding hydrogens is 469 g/mol. The first-order chi connectivity index (χ1) is 16.0. The van der Waals surface area contributed by atoms with Crippen LogP contribution < -0.4 is 0 Å². The van der Waals surface area contributed by atoms with E-state index in [1.54, 1.807) is 6.07 Å². The number of carbonyl (C=O) groups excluding carboxylic acids is 2. The summed E-state index contributed by atoms with van der Waals surface area (Å²) in [6.07, 6.45) is 1.21. The van der Waals surface area contributed by atoms with Crippen molar-refractivity contribution in [2.75, 3.05) is 19.6 Å². The van der Waals surface area contributed by atoms with Gasteiger partial charge >= 0.3 is 6.18 Å². The lowest BCUT2D eigenvalue weighted by Gasteiger charge is -2.51. The molecule has 34 heavy (non-hydrogen) atoms. The fourth-order valence-electron chi connectivity index (χ4n) is 5.56. The van der Waals surface area contributed by atoms with E-state index in [1.165, 1.54) is 4.90 Å². The fourth-order valence-corrected chi connectivity index (χ4v) is 5.81. The maximum atomic E-state index is 13.8. The SMILES string of the molecule is CC1CCCCC1(C)N1CCN(C(=O)c2nn3c(C(F)(F)F)cc(C4CC4)cc3c2Cl)CC1=O. The van der Waals surface area contributed by atoms with Gasteiger partial charge in [0.15, 0.2) is 5.69 Å². The van der Waals surface area contributed by atoms with Crippen molar-refractivity contribution < 1.29 is 22.8 Å². The van der Waals surface area contributed by atoms with Crippen molar-refractivity contribution in [3.63, 3.8) is 0 Å². The summed E-state index contributed by atoms with van der Waals surface area (Å²) in [6, 6.07) is 2.68. The molecule has 184 valence electrons. The second-order valence-electron chi connectivity index (χ2n) is 10.2. The normalized spacial score (nSPS) is 26.4. The number of hydrogen-bond donors (Lipinski definition) is 0. The average molecular weight is 497 g/mol. The third-order valence-electron chi connectivity index (χ3n) is 7.99. The lowest BCUT2D eigenvalue weighted by molar-refractivity contribution is -0.145. The van der Waals surface area contributed by atoms with Crippen molar-refractivity contribution in [2.24, 2.45) is 5.92 Å². The van der Waals surface area contributed by atoms with Gasteiger partial charge in [0.1, 0.15) is 12.2 Å². The summed E-state index contributed by atoms with van der Waals surface area (Å²) >= 11 is 6.42. The highest BCUT2D eigenvalue weighted by Gasteiger charge is 2.44. The molecule has 1 aliphatic heterocycles. The molecule has 2 aliphatic carbocycles. The standard InChI is InChI=1S/C24H28ClF3N4O2/c1-14-5-3-4-8-23(14,2)31-10-9-30(13-19(31)33)22(34)21-20(25)17-11-16(15-6-7-15)12-18(24(26,27)28)32(17)29-21/h11-12,14-15H,3-10,13H2,1-2H3. The van der Waals surface area contributed by atoms with Gasteiger partial charge in [-0.05, 0) is 62.1 Å². The van der Waals surface area contributed by atoms with Gasteiger partial charge in [-0.3, -0.25) is 9.59 Å². The van der Waals surface area contributed by atoms with Gasteiger partial charge in [-0.2, -0.15) is 18.3 Å². The second kappa shape index (κ2) is 8.14. The monoisotopic (exact) mass is 496 g/mol. The first-order valence-corrected chi connectivity index (χ1v) is 12.3. The molecular formula is C24H28ClF3N4O2. The van der Waals surface area contributed by atoms with Gasteiger partial charge in [0.2, 0.25) is 5.91 Å². The molecule has 0 spiro atoms. The zero-order valence-corrected chi connectivity index (χ0v) is 20.0. The number of amides is 2. The van der Waals surface area contributed by atoms with Crippen LogP contribution >= 0.6 is 11.6 Å². The Hall–Kier alpha value is -2.29. The van der Waals surface area contributed by atoms with Crippen LogP contribution in [0.15, 0.2) is 12.1 Å². The van der Waals surface area contributed by atoms with Gasteiger partial charge in [-0.15, -0.1) is 0 Å². The van der Waals surface area contributed by atoms with E-state index in [1.807, 2.05) is 4.90 Å². The summed E-state index contributed by atoms with van der Waals surface area (Å²) in [5, 5.41) is 3.87. The molecule has 1 saturated heterocycles. The number of rotatable bonds is 3. The van der Waals surface area contributed by atoms with Crippen LogP contribution in [0.2, 0.25) is 5.02 Å². The van der Waals surface area contributed by atoms with Crippen molar-refractivity contribution >= 4 is 28.9 Å². The lowest BCUT2D eigenvalue weighted by atomic mass is 9.73. The van der Waals surface area contributed by atoms with E-state index in [4.69, 9.17) is 11.6 Å². The van der Waals surface area contributed by atoms with Gasteiger partial charge < -0.3 is 9.80 Å². The minimum absolute atomic E-state index is 0.0650. The third-order valence-corrected chi connectivity index (χ3v) is 8.37. The Kier molecular flexibility index (Phi) is 5.61. The number of nitrogens with zero attached hydrogens (tertiary/aromatic N) is 4. The van der Waals surface area contributed by atoms with E-state index < -0.39 is 17.8 Å². The number of piperazine rings is 1. The average Bonchev–Trinajstić information content (AvgIpc) is 3.58. The third kappa shape index (κ3) is 3.85. The second-order valence-corrected chi connectivity index (χ2v) is 10.6. The Bertz CT molecular complexity index is 1160. The Labute approximate surface area is 201 Å². The summed E-state index contributed by atoms with van der Waals surface area (Å²) in [7, 11) is 0. The predicted octanol–water partition coefficient (Wildman–Crippen LogP) is 5.14. The number of fused-ring (bicyclic) bond motifs is 1. The summed E-state index contributed by atoms with van der Waals surface area (Å²) < 4.78 is 42.0. The molecule has 2 amide bonds. The van der Waals surface area contributed by atoms with Gasteiger partial charge in [0, 0.05) is 18.6 Å². The van der Waals surface area contributed by atoms with Gasteiger partial charge in [-0.25, -0.2) is 4.52 Å². The summed E-state index contributed by atoms with van der Waals surface area (Å²) in [4.78, 5) is 29.6. The van der Waals surface area contributed by atoms with E-state index in [9.17, 15) is 22.8 Å². The molecule has 3 fully saturated rings. The quantitative estimate of drug-likeness (QED) is 0.591. The number of pyridine rings is 1. The number of aromatic nitrogens is 2. The largest absolute Gasteiger partial charge is 0.433 e. The molecule has 2 aromatic heterocycles. The molecule has 10 heteroatoms. The highest BCUT2D eigenvalue weighted by Crippen LogP contribution is 2.44. The molecule has 2 saturated carbocycles. The Morgan fingerprint density at radius 1 is 1.18 bits per heavy atom. The van der Waals surface area contributed by atoms with Gasteiger partial charge in [0.05, 0.1) is 10.5 Å². The van der Waals surface area contributed by atoms with E-state index >= 15 is 0 Å². The first kappa shape index (κ1) is 23.5. The molecule has 2 atom stereocenters. The highest BCUT2D eigenvalue weighted by atomic mass is 35.5. The van der Waals surface area contributed by atoms with Crippen molar-refractivity contribution in [1.82, 2.24) is 19.4 Å². The zero-order valence-electron chi connectivity index (χ0n) is 19.3. The number of hydrogen-bond acceptors (Lipinski definition) is 3. The summed E-state index contributed by atoms with van der Waals surface area (Å²) in [6.45, 7) is 4.81. The van der Waals surface area contributed by atoms with Crippen LogP contribution in [0.4, 0.5) is 13.2 Å². The van der Waals surface area contributed by atoms with Crippen LogP contribution in [0.1, 0.15) is 80.0 Å². The molecule has 2 aromatic rings. The lowest BCUT2D eigenvalue weighted by Crippen LogP contribution is -2.62. The Morgan fingerprint density at radius 3 is 2.53 bits per heavy atom. The topological polar surface area (TPSA) is 57.9 Å². The predicted molar refractivity (Wildman–Crippen MR) is 121 cm³/mol.